The van der Waals surface area contributed by atoms with Gasteiger partial charge in [-0.2, -0.15) is 8.42 Å². The third-order valence-corrected chi connectivity index (χ3v) is 8.40. The van der Waals surface area contributed by atoms with E-state index in [-0.39, 0.29) is 48.3 Å². The van der Waals surface area contributed by atoms with E-state index in [9.17, 15) is 28.6 Å². The van der Waals surface area contributed by atoms with Crippen molar-refractivity contribution < 1.29 is 69.8 Å². The number of hydrogen-bond donors (Lipinski definition) is 1. The van der Waals surface area contributed by atoms with Crippen LogP contribution in [0.4, 0.5) is 17.1 Å². The molecule has 0 fully saturated rings. The molecular weight excluding hydrogens is 766 g/mol. The number of nitrogens with one attached hydrogen (secondary N) is 1. The average molecular weight is 822 g/mol. The van der Waals surface area contributed by atoms with Gasteiger partial charge in [-0.1, -0.05) is 17.7 Å². The van der Waals surface area contributed by atoms with Crippen molar-refractivity contribution in [1.29, 1.82) is 0 Å². The smallest absolute Gasteiger partial charge is 0.299 e. The van der Waals surface area contributed by atoms with Crippen molar-refractivity contribution in [3.05, 3.63) is 68.3 Å². The van der Waals surface area contributed by atoms with Crippen LogP contribution in [0, 0.1) is 27.2 Å². The average Bonchev–Trinajstić information content (AvgIpc) is 3.18. The van der Waals surface area contributed by atoms with Crippen LogP contribution in [-0.2, 0) is 61.7 Å². The Morgan fingerprint density at radius 3 is 1.21 bits per heavy atom. The molecule has 21 heteroatoms. The van der Waals surface area contributed by atoms with Crippen molar-refractivity contribution in [2.24, 2.45) is 0 Å². The van der Waals surface area contributed by atoms with Crippen molar-refractivity contribution in [3.8, 4) is 0 Å². The number of nitrogens with zero attached hydrogens (tertiary/aromatic N) is 2. The molecule has 0 unspecified atom stereocenters. The summed E-state index contributed by atoms with van der Waals surface area (Å²) in [6.45, 7) is 9.78. The normalized spacial score (nSPS) is 11.6. The molecule has 0 saturated heterocycles. The third-order valence-electron chi connectivity index (χ3n) is 7.07. The van der Waals surface area contributed by atoms with Crippen LogP contribution in [0.2, 0.25) is 0 Å². The highest BCUT2D eigenvalue weighted by atomic mass is 32.2. The van der Waals surface area contributed by atoms with Gasteiger partial charge < -0.3 is 52.7 Å². The van der Waals surface area contributed by atoms with Gasteiger partial charge in [-0.05, 0) is 25.1 Å². The molecule has 1 N–H and O–H groups in total. The summed E-state index contributed by atoms with van der Waals surface area (Å²) in [5.74, 6) is 0. The first-order valence-electron chi connectivity index (χ1n) is 18.1. The Hall–Kier alpha value is -3.45. The van der Waals surface area contributed by atoms with Crippen molar-refractivity contribution >= 4 is 27.2 Å². The Bertz CT molecular complexity index is 1440. The number of aryl methyl sites for hydroxylation is 1. The molecule has 0 amide bonds. The molecule has 0 aliphatic heterocycles. The van der Waals surface area contributed by atoms with Gasteiger partial charge >= 0.3 is 0 Å². The van der Waals surface area contributed by atoms with E-state index in [2.05, 4.69) is 5.32 Å². The van der Waals surface area contributed by atoms with E-state index in [1.165, 1.54) is 24.3 Å². The highest BCUT2D eigenvalue weighted by molar-refractivity contribution is 7.86. The molecule has 0 saturated carbocycles. The first kappa shape index (κ1) is 48.7. The fourth-order valence-electron chi connectivity index (χ4n) is 4.25. The van der Waals surface area contributed by atoms with Crippen molar-refractivity contribution in [3.63, 3.8) is 0 Å². The number of benzene rings is 2. The van der Waals surface area contributed by atoms with Crippen LogP contribution in [0.3, 0.4) is 0 Å². The van der Waals surface area contributed by atoms with Crippen LogP contribution < -0.4 is 5.32 Å². The zero-order valence-electron chi connectivity index (χ0n) is 31.8. The maximum atomic E-state index is 12.1. The number of non-ortho nitro benzene ring substituents is 1. The summed E-state index contributed by atoms with van der Waals surface area (Å²) >= 11 is 0. The summed E-state index contributed by atoms with van der Waals surface area (Å²) in [5.41, 5.74) is 0.416. The molecular formula is C35H55N3O17S. The zero-order valence-corrected chi connectivity index (χ0v) is 32.7. The topological polar surface area (TPSA) is 234 Å². The Morgan fingerprint density at radius 1 is 0.500 bits per heavy atom. The predicted octanol–water partition coefficient (Wildman–Crippen LogP) is 2.79. The van der Waals surface area contributed by atoms with Crippen LogP contribution >= 0.6 is 0 Å². The standard InChI is InChI=1S/C35H55N3O17S/c1-31-2-5-33(6-3-31)56(43,44)55-29-28-54-27-26-53-25-24-52-23-22-51-21-20-50-19-18-49-17-16-48-15-14-47-13-12-46-11-10-45-9-8-36-34-7-4-32(37(39)40)30-35(34)38(41)42/h2-7,30,36H,8-29H2,1H3. The largest absolute Gasteiger partial charge is 0.377 e. The molecule has 0 spiro atoms. The van der Waals surface area contributed by atoms with Crippen LogP contribution in [-0.4, -0.2) is 164 Å². The molecule has 2 rings (SSSR count). The lowest BCUT2D eigenvalue weighted by Crippen LogP contribution is -2.16. The van der Waals surface area contributed by atoms with E-state index in [4.69, 9.17) is 51.6 Å². The first-order valence-corrected chi connectivity index (χ1v) is 19.5. The Morgan fingerprint density at radius 2 is 0.857 bits per heavy atom. The van der Waals surface area contributed by atoms with Gasteiger partial charge in [0.25, 0.3) is 21.5 Å². The molecule has 56 heavy (non-hydrogen) atoms. The predicted molar refractivity (Wildman–Crippen MR) is 201 cm³/mol. The van der Waals surface area contributed by atoms with E-state index in [0.29, 0.717) is 119 Å². The highest BCUT2D eigenvalue weighted by Crippen LogP contribution is 2.28. The Labute approximate surface area is 327 Å². The maximum Gasteiger partial charge on any atom is 0.299 e. The third kappa shape index (κ3) is 24.2. The SMILES string of the molecule is Cc1ccc(S(=O)(=O)OCCOCCOCCOCCOCCOCCOCCOCCOCCOCCOCCNc2ccc([N+](=O)[O-])cc2[N+](=O)[O-])cc1. The van der Waals surface area contributed by atoms with Gasteiger partial charge in [-0.25, -0.2) is 0 Å². The van der Waals surface area contributed by atoms with E-state index in [1.807, 2.05) is 6.92 Å². The second kappa shape index (κ2) is 31.6. The van der Waals surface area contributed by atoms with Gasteiger partial charge in [-0.15, -0.1) is 0 Å². The molecule has 0 aliphatic carbocycles. The first-order chi connectivity index (χ1) is 27.2. The fraction of sp³-hybridized carbons (Fsp3) is 0.657. The summed E-state index contributed by atoms with van der Waals surface area (Å²) in [5, 5.41) is 24.8. The van der Waals surface area contributed by atoms with E-state index < -0.39 is 20.0 Å². The van der Waals surface area contributed by atoms with Crippen LogP contribution in [0.1, 0.15) is 5.56 Å². The van der Waals surface area contributed by atoms with Gasteiger partial charge in [0.05, 0.1) is 160 Å². The summed E-state index contributed by atoms with van der Waals surface area (Å²) < 4.78 is 83.5. The molecule has 0 heterocycles. The minimum absolute atomic E-state index is 0.0750. The van der Waals surface area contributed by atoms with Crippen molar-refractivity contribution in [2.75, 3.05) is 151 Å². The Balaban J connectivity index is 1.21. The van der Waals surface area contributed by atoms with Gasteiger partial charge in [0.1, 0.15) is 5.69 Å². The monoisotopic (exact) mass is 821 g/mol. The minimum atomic E-state index is -3.79. The lowest BCUT2D eigenvalue weighted by atomic mass is 10.2. The second-order valence-corrected chi connectivity index (χ2v) is 13.0. The van der Waals surface area contributed by atoms with Crippen LogP contribution in [0.15, 0.2) is 47.4 Å². The number of rotatable bonds is 38. The number of hydrogen-bond acceptors (Lipinski definition) is 18. The molecule has 0 aromatic heterocycles. The summed E-state index contributed by atoms with van der Waals surface area (Å²) in [6, 6.07) is 9.85. The van der Waals surface area contributed by atoms with Gasteiger partial charge in [0.15, 0.2) is 0 Å². The molecule has 2 aromatic carbocycles. The van der Waals surface area contributed by atoms with Crippen molar-refractivity contribution in [1.82, 2.24) is 0 Å². The molecule has 318 valence electrons. The molecule has 0 radical (unpaired) electrons. The van der Waals surface area contributed by atoms with Crippen LogP contribution in [0.5, 0.6) is 0 Å². The fourth-order valence-corrected chi connectivity index (χ4v) is 5.14. The maximum absolute atomic E-state index is 12.1. The van der Waals surface area contributed by atoms with Gasteiger partial charge in [-0.3, -0.25) is 24.4 Å². The van der Waals surface area contributed by atoms with Crippen molar-refractivity contribution in [2.45, 2.75) is 11.8 Å². The number of nitro benzene ring substituents is 2. The minimum Gasteiger partial charge on any atom is -0.377 e. The van der Waals surface area contributed by atoms with Gasteiger partial charge in [0, 0.05) is 12.6 Å². The van der Waals surface area contributed by atoms with Gasteiger partial charge in [0.2, 0.25) is 0 Å². The molecule has 0 aliphatic rings. The molecule has 0 bridgehead atoms. The van der Waals surface area contributed by atoms with E-state index in [0.717, 1.165) is 11.6 Å². The van der Waals surface area contributed by atoms with Crippen LogP contribution in [0.25, 0.3) is 0 Å². The van der Waals surface area contributed by atoms with E-state index in [1.54, 1.807) is 12.1 Å². The summed E-state index contributed by atoms with van der Waals surface area (Å²) in [7, 11) is -3.79. The number of ether oxygens (including phenoxy) is 10. The molecule has 20 nitrogen and oxygen atoms in total. The lowest BCUT2D eigenvalue weighted by Gasteiger charge is -2.09. The number of anilines is 1. The molecule has 0 atom stereocenters. The second-order valence-electron chi connectivity index (χ2n) is 11.4. The number of nitro groups is 2. The highest BCUT2D eigenvalue weighted by Gasteiger charge is 2.19. The summed E-state index contributed by atoms with van der Waals surface area (Å²) in [4.78, 5) is 20.7. The Kier molecular flexibility index (Phi) is 27.5. The molecule has 2 aromatic rings. The quantitative estimate of drug-likeness (QED) is 0.0444. The zero-order chi connectivity index (χ0) is 40.5. The lowest BCUT2D eigenvalue weighted by molar-refractivity contribution is -0.393. The summed E-state index contributed by atoms with van der Waals surface area (Å²) in [6.07, 6.45) is 0. The van der Waals surface area contributed by atoms with E-state index >= 15 is 0 Å².